The summed E-state index contributed by atoms with van der Waals surface area (Å²) in [5, 5.41) is 3.70. The number of nitrogens with zero attached hydrogens (tertiary/aromatic N) is 1. The van der Waals surface area contributed by atoms with Crippen LogP contribution in [0.4, 0.5) is 11.4 Å². The number of nitrogens with one attached hydrogen (secondary N) is 1. The van der Waals surface area contributed by atoms with Gasteiger partial charge in [0.15, 0.2) is 0 Å². The van der Waals surface area contributed by atoms with E-state index in [9.17, 15) is 0 Å². The molecule has 0 radical (unpaired) electrons. The van der Waals surface area contributed by atoms with E-state index in [0.29, 0.717) is 6.04 Å². The summed E-state index contributed by atoms with van der Waals surface area (Å²) in [5.74, 6) is 0.821. The first-order valence-corrected chi connectivity index (χ1v) is 7.94. The highest BCUT2D eigenvalue weighted by atomic mass is 15.1. The van der Waals surface area contributed by atoms with Gasteiger partial charge in [-0.1, -0.05) is 13.3 Å². The van der Waals surface area contributed by atoms with Crippen LogP contribution in [-0.2, 0) is 0 Å². The molecule has 2 unspecified atom stereocenters. The van der Waals surface area contributed by atoms with Crippen LogP contribution in [0.2, 0.25) is 0 Å². The molecule has 0 amide bonds. The highest BCUT2D eigenvalue weighted by Gasteiger charge is 2.22. The maximum Gasteiger partial charge on any atom is 0.0367 e. The van der Waals surface area contributed by atoms with Gasteiger partial charge in [-0.2, -0.15) is 0 Å². The van der Waals surface area contributed by atoms with Gasteiger partial charge in [0.05, 0.1) is 0 Å². The van der Waals surface area contributed by atoms with Crippen molar-refractivity contribution in [3.63, 3.8) is 0 Å². The molecule has 2 nitrogen and oxygen atoms in total. The Labute approximate surface area is 117 Å². The van der Waals surface area contributed by atoms with Crippen LogP contribution in [-0.4, -0.2) is 19.1 Å². The predicted octanol–water partition coefficient (Wildman–Crippen LogP) is 4.28. The standard InChI is InChI=1S/C17H26N2/c1-14-6-5-7-17(14)18-15-8-10-16(11-9-15)19-12-3-2-4-13-19/h8-11,14,17-18H,2-7,12-13H2,1H3. The predicted molar refractivity (Wildman–Crippen MR) is 82.9 cm³/mol. The van der Waals surface area contributed by atoms with E-state index in [2.05, 4.69) is 41.4 Å². The van der Waals surface area contributed by atoms with Crippen LogP contribution < -0.4 is 10.2 Å². The molecule has 1 aliphatic carbocycles. The average molecular weight is 258 g/mol. The van der Waals surface area contributed by atoms with Gasteiger partial charge < -0.3 is 10.2 Å². The number of benzene rings is 1. The Morgan fingerprint density at radius 3 is 2.32 bits per heavy atom. The van der Waals surface area contributed by atoms with E-state index in [1.807, 2.05) is 0 Å². The second-order valence-electron chi connectivity index (χ2n) is 6.25. The van der Waals surface area contributed by atoms with Gasteiger partial charge in [-0.15, -0.1) is 0 Å². The van der Waals surface area contributed by atoms with E-state index in [1.165, 1.54) is 63.0 Å². The van der Waals surface area contributed by atoms with Crippen molar-refractivity contribution in [2.45, 2.75) is 51.5 Å². The van der Waals surface area contributed by atoms with Crippen molar-refractivity contribution in [2.75, 3.05) is 23.3 Å². The zero-order valence-electron chi connectivity index (χ0n) is 12.1. The van der Waals surface area contributed by atoms with Gasteiger partial charge in [0.2, 0.25) is 0 Å². The fourth-order valence-electron chi connectivity index (χ4n) is 3.49. The summed E-state index contributed by atoms with van der Waals surface area (Å²) in [7, 11) is 0. The van der Waals surface area contributed by atoms with Crippen LogP contribution >= 0.6 is 0 Å². The SMILES string of the molecule is CC1CCCC1Nc1ccc(N2CCCCC2)cc1. The molecule has 2 fully saturated rings. The molecular weight excluding hydrogens is 232 g/mol. The fourth-order valence-corrected chi connectivity index (χ4v) is 3.49. The van der Waals surface area contributed by atoms with Gasteiger partial charge in [0, 0.05) is 30.5 Å². The maximum atomic E-state index is 3.70. The molecule has 1 aliphatic heterocycles. The second kappa shape index (κ2) is 5.85. The minimum atomic E-state index is 0.681. The molecule has 2 atom stereocenters. The number of anilines is 2. The van der Waals surface area contributed by atoms with Crippen LogP contribution in [0.5, 0.6) is 0 Å². The summed E-state index contributed by atoms with van der Waals surface area (Å²) in [6, 6.07) is 9.77. The molecule has 1 heterocycles. The maximum absolute atomic E-state index is 3.70. The zero-order valence-corrected chi connectivity index (χ0v) is 12.1. The van der Waals surface area contributed by atoms with Crippen LogP contribution in [0.3, 0.4) is 0 Å². The third kappa shape index (κ3) is 3.05. The lowest BCUT2D eigenvalue weighted by Gasteiger charge is -2.29. The first-order valence-electron chi connectivity index (χ1n) is 7.94. The monoisotopic (exact) mass is 258 g/mol. The number of hydrogen-bond acceptors (Lipinski definition) is 2. The molecule has 1 aromatic carbocycles. The molecule has 1 aromatic rings. The van der Waals surface area contributed by atoms with Crippen molar-refractivity contribution in [1.82, 2.24) is 0 Å². The van der Waals surface area contributed by atoms with Crippen molar-refractivity contribution in [3.05, 3.63) is 24.3 Å². The Balaban J connectivity index is 1.61. The van der Waals surface area contributed by atoms with Crippen molar-refractivity contribution < 1.29 is 0 Å². The van der Waals surface area contributed by atoms with Gasteiger partial charge in [-0.05, 0) is 62.3 Å². The lowest BCUT2D eigenvalue weighted by molar-refractivity contribution is 0.556. The van der Waals surface area contributed by atoms with Crippen molar-refractivity contribution in [3.8, 4) is 0 Å². The summed E-state index contributed by atoms with van der Waals surface area (Å²) in [5.41, 5.74) is 2.68. The average Bonchev–Trinajstić information content (AvgIpc) is 2.86. The van der Waals surface area contributed by atoms with Crippen LogP contribution in [0.1, 0.15) is 45.4 Å². The topological polar surface area (TPSA) is 15.3 Å². The van der Waals surface area contributed by atoms with Gasteiger partial charge in [0.1, 0.15) is 0 Å². The highest BCUT2D eigenvalue weighted by molar-refractivity contribution is 5.55. The van der Waals surface area contributed by atoms with E-state index in [1.54, 1.807) is 0 Å². The zero-order chi connectivity index (χ0) is 13.1. The molecule has 0 aromatic heterocycles. The summed E-state index contributed by atoms with van der Waals surface area (Å²) in [6.45, 7) is 4.83. The van der Waals surface area contributed by atoms with Crippen LogP contribution in [0.15, 0.2) is 24.3 Å². The Kier molecular flexibility index (Phi) is 3.95. The van der Waals surface area contributed by atoms with Crippen molar-refractivity contribution in [1.29, 1.82) is 0 Å². The molecule has 2 heteroatoms. The number of rotatable bonds is 3. The lowest BCUT2D eigenvalue weighted by Crippen LogP contribution is -2.29. The Hall–Kier alpha value is -1.18. The second-order valence-corrected chi connectivity index (χ2v) is 6.25. The first kappa shape index (κ1) is 12.8. The minimum absolute atomic E-state index is 0.681. The Morgan fingerprint density at radius 1 is 0.947 bits per heavy atom. The molecular formula is C17H26N2. The minimum Gasteiger partial charge on any atom is -0.382 e. The Morgan fingerprint density at radius 2 is 1.68 bits per heavy atom. The third-order valence-electron chi connectivity index (χ3n) is 4.80. The lowest BCUT2D eigenvalue weighted by atomic mass is 10.1. The third-order valence-corrected chi connectivity index (χ3v) is 4.80. The molecule has 19 heavy (non-hydrogen) atoms. The van der Waals surface area contributed by atoms with E-state index >= 15 is 0 Å². The van der Waals surface area contributed by atoms with Crippen LogP contribution in [0, 0.1) is 5.92 Å². The smallest absolute Gasteiger partial charge is 0.0367 e. The van der Waals surface area contributed by atoms with E-state index in [4.69, 9.17) is 0 Å². The Bertz CT molecular complexity index is 392. The summed E-state index contributed by atoms with van der Waals surface area (Å²) < 4.78 is 0. The van der Waals surface area contributed by atoms with Crippen LogP contribution in [0.25, 0.3) is 0 Å². The highest BCUT2D eigenvalue weighted by Crippen LogP contribution is 2.29. The largest absolute Gasteiger partial charge is 0.382 e. The number of piperidine rings is 1. The van der Waals surface area contributed by atoms with E-state index < -0.39 is 0 Å². The van der Waals surface area contributed by atoms with Gasteiger partial charge >= 0.3 is 0 Å². The van der Waals surface area contributed by atoms with Gasteiger partial charge in [-0.25, -0.2) is 0 Å². The molecule has 1 N–H and O–H groups in total. The normalized spacial score (nSPS) is 27.5. The molecule has 0 spiro atoms. The summed E-state index contributed by atoms with van der Waals surface area (Å²) in [6.07, 6.45) is 8.18. The molecule has 104 valence electrons. The molecule has 2 aliphatic rings. The molecule has 0 bridgehead atoms. The summed E-state index contributed by atoms with van der Waals surface area (Å²) in [4.78, 5) is 2.52. The first-order chi connectivity index (χ1) is 9.33. The van der Waals surface area contributed by atoms with Crippen molar-refractivity contribution >= 4 is 11.4 Å². The molecule has 1 saturated heterocycles. The quantitative estimate of drug-likeness (QED) is 0.870. The van der Waals surface area contributed by atoms with E-state index in [0.717, 1.165) is 5.92 Å². The van der Waals surface area contributed by atoms with Crippen molar-refractivity contribution in [2.24, 2.45) is 5.92 Å². The summed E-state index contributed by atoms with van der Waals surface area (Å²) >= 11 is 0. The van der Waals surface area contributed by atoms with Gasteiger partial charge in [0.25, 0.3) is 0 Å². The van der Waals surface area contributed by atoms with E-state index in [-0.39, 0.29) is 0 Å². The molecule has 1 saturated carbocycles. The molecule has 3 rings (SSSR count). The fraction of sp³-hybridized carbons (Fsp3) is 0.647. The number of hydrogen-bond donors (Lipinski definition) is 1. The van der Waals surface area contributed by atoms with Gasteiger partial charge in [-0.3, -0.25) is 0 Å².